The van der Waals surface area contributed by atoms with Crippen LogP contribution in [0.5, 0.6) is 0 Å². The molecular formula is C9H18N2O2. The predicted molar refractivity (Wildman–Crippen MR) is 51.5 cm³/mol. The first-order valence-electron chi connectivity index (χ1n) is 4.43. The normalized spacial score (nSPS) is 10.8. The molecule has 76 valence electrons. The van der Waals surface area contributed by atoms with Crippen molar-refractivity contribution in [2.24, 2.45) is 5.41 Å². The van der Waals surface area contributed by atoms with E-state index < -0.39 is 0 Å². The molecule has 0 unspecified atom stereocenters. The zero-order chi connectivity index (χ0) is 10.5. The number of rotatable bonds is 3. The second-order valence-electron chi connectivity index (χ2n) is 3.89. The maximum atomic E-state index is 11.3. The molecule has 0 aromatic rings. The monoisotopic (exact) mass is 186 g/mol. The van der Waals surface area contributed by atoms with Gasteiger partial charge < -0.3 is 10.6 Å². The summed E-state index contributed by atoms with van der Waals surface area (Å²) in [7, 11) is 0. The lowest BCUT2D eigenvalue weighted by Gasteiger charge is -2.16. The van der Waals surface area contributed by atoms with Gasteiger partial charge >= 0.3 is 6.03 Å². The van der Waals surface area contributed by atoms with Crippen molar-refractivity contribution in [1.29, 1.82) is 0 Å². The lowest BCUT2D eigenvalue weighted by Crippen LogP contribution is -2.41. The van der Waals surface area contributed by atoms with E-state index in [4.69, 9.17) is 0 Å². The lowest BCUT2D eigenvalue weighted by molar-refractivity contribution is -0.125. The minimum atomic E-state index is -0.389. The standard InChI is InChI=1S/C9H18N2O2/c1-5-10-8(13)11-6-7(12)9(2,3)4/h5-6H2,1-4H3,(H2,10,11,13). The Balaban J connectivity index is 3.77. The number of carbonyl (C=O) groups is 2. The van der Waals surface area contributed by atoms with E-state index in [1.807, 2.05) is 27.7 Å². The molecule has 0 aliphatic rings. The maximum absolute atomic E-state index is 11.3. The van der Waals surface area contributed by atoms with Crippen molar-refractivity contribution in [3.05, 3.63) is 0 Å². The number of amides is 2. The molecule has 13 heavy (non-hydrogen) atoms. The molecule has 0 bridgehead atoms. The third-order valence-electron chi connectivity index (χ3n) is 1.58. The van der Waals surface area contributed by atoms with Gasteiger partial charge in [-0.2, -0.15) is 0 Å². The summed E-state index contributed by atoms with van der Waals surface area (Å²) in [4.78, 5) is 22.2. The number of ketones is 1. The Hall–Kier alpha value is -1.06. The smallest absolute Gasteiger partial charge is 0.315 e. The van der Waals surface area contributed by atoms with Crippen LogP contribution >= 0.6 is 0 Å². The molecule has 4 nitrogen and oxygen atoms in total. The molecule has 0 saturated heterocycles. The summed E-state index contributed by atoms with van der Waals surface area (Å²) in [6, 6.07) is -0.292. The van der Waals surface area contributed by atoms with Crippen molar-refractivity contribution in [3.8, 4) is 0 Å². The first kappa shape index (κ1) is 11.9. The van der Waals surface area contributed by atoms with Gasteiger partial charge in [0, 0.05) is 12.0 Å². The molecule has 0 aromatic heterocycles. The van der Waals surface area contributed by atoms with Crippen LogP contribution in [0.25, 0.3) is 0 Å². The maximum Gasteiger partial charge on any atom is 0.315 e. The van der Waals surface area contributed by atoms with Crippen LogP contribution in [0, 0.1) is 5.41 Å². The van der Waals surface area contributed by atoms with Crippen LogP contribution in [0.15, 0.2) is 0 Å². The van der Waals surface area contributed by atoms with E-state index in [-0.39, 0.29) is 23.8 Å². The predicted octanol–water partition coefficient (Wildman–Crippen LogP) is 0.921. The molecule has 0 aliphatic carbocycles. The Bertz CT molecular complexity index is 194. The first-order chi connectivity index (χ1) is 5.88. The number of urea groups is 1. The Morgan fingerprint density at radius 1 is 1.15 bits per heavy atom. The van der Waals surface area contributed by atoms with Crippen molar-refractivity contribution in [2.75, 3.05) is 13.1 Å². The molecule has 0 radical (unpaired) electrons. The Morgan fingerprint density at radius 3 is 2.08 bits per heavy atom. The number of hydrogen-bond acceptors (Lipinski definition) is 2. The molecule has 0 heterocycles. The Kier molecular flexibility index (Phi) is 4.45. The molecule has 0 rings (SSSR count). The van der Waals surface area contributed by atoms with Crippen molar-refractivity contribution in [3.63, 3.8) is 0 Å². The van der Waals surface area contributed by atoms with Crippen molar-refractivity contribution >= 4 is 11.8 Å². The molecule has 2 N–H and O–H groups in total. The molecule has 2 amide bonds. The van der Waals surface area contributed by atoms with E-state index in [1.165, 1.54) is 0 Å². The van der Waals surface area contributed by atoms with E-state index in [1.54, 1.807) is 0 Å². The Morgan fingerprint density at radius 2 is 1.69 bits per heavy atom. The fraction of sp³-hybridized carbons (Fsp3) is 0.778. The molecular weight excluding hydrogens is 168 g/mol. The van der Waals surface area contributed by atoms with Crippen LogP contribution in [-0.2, 0) is 4.79 Å². The van der Waals surface area contributed by atoms with Crippen LogP contribution < -0.4 is 10.6 Å². The van der Waals surface area contributed by atoms with Gasteiger partial charge in [-0.05, 0) is 6.92 Å². The van der Waals surface area contributed by atoms with Gasteiger partial charge in [-0.25, -0.2) is 4.79 Å². The van der Waals surface area contributed by atoms with E-state index >= 15 is 0 Å². The second-order valence-corrected chi connectivity index (χ2v) is 3.89. The highest BCUT2D eigenvalue weighted by Crippen LogP contribution is 2.13. The molecule has 0 spiro atoms. The number of Topliss-reactive ketones (excluding diaryl/α,β-unsaturated/α-hetero) is 1. The highest BCUT2D eigenvalue weighted by atomic mass is 16.2. The first-order valence-corrected chi connectivity index (χ1v) is 4.43. The molecule has 0 fully saturated rings. The fourth-order valence-electron chi connectivity index (χ4n) is 0.649. The van der Waals surface area contributed by atoms with Crippen LogP contribution in [0.4, 0.5) is 4.79 Å². The highest BCUT2D eigenvalue weighted by Gasteiger charge is 2.20. The summed E-state index contributed by atoms with van der Waals surface area (Å²) >= 11 is 0. The summed E-state index contributed by atoms with van der Waals surface area (Å²) < 4.78 is 0. The third-order valence-corrected chi connectivity index (χ3v) is 1.58. The average molecular weight is 186 g/mol. The number of carbonyl (C=O) groups excluding carboxylic acids is 2. The van der Waals surface area contributed by atoms with Crippen molar-refractivity contribution in [1.82, 2.24) is 10.6 Å². The summed E-state index contributed by atoms with van der Waals surface area (Å²) in [5.74, 6) is 0.0266. The zero-order valence-electron chi connectivity index (χ0n) is 8.73. The SMILES string of the molecule is CCNC(=O)NCC(=O)C(C)(C)C. The Labute approximate surface area is 79.1 Å². The molecule has 0 aliphatic heterocycles. The van der Waals surface area contributed by atoms with Gasteiger partial charge in [0.15, 0.2) is 5.78 Å². The van der Waals surface area contributed by atoms with Gasteiger partial charge in [-0.1, -0.05) is 20.8 Å². The third kappa shape index (κ3) is 5.22. The zero-order valence-corrected chi connectivity index (χ0v) is 8.73. The summed E-state index contributed by atoms with van der Waals surface area (Å²) in [5.41, 5.74) is -0.389. The number of hydrogen-bond donors (Lipinski definition) is 2. The van der Waals surface area contributed by atoms with E-state index in [2.05, 4.69) is 10.6 Å². The van der Waals surface area contributed by atoms with Crippen LogP contribution in [0.3, 0.4) is 0 Å². The minimum absolute atomic E-state index is 0.0266. The van der Waals surface area contributed by atoms with Crippen LogP contribution in [0.1, 0.15) is 27.7 Å². The lowest BCUT2D eigenvalue weighted by atomic mass is 9.91. The van der Waals surface area contributed by atoms with Gasteiger partial charge in [0.25, 0.3) is 0 Å². The molecule has 0 atom stereocenters. The van der Waals surface area contributed by atoms with Gasteiger partial charge in [0.05, 0.1) is 6.54 Å². The summed E-state index contributed by atoms with van der Waals surface area (Å²) in [6.07, 6.45) is 0. The van der Waals surface area contributed by atoms with Gasteiger partial charge in [-0.15, -0.1) is 0 Å². The fourth-order valence-corrected chi connectivity index (χ4v) is 0.649. The van der Waals surface area contributed by atoms with Crippen LogP contribution in [-0.4, -0.2) is 24.9 Å². The van der Waals surface area contributed by atoms with Gasteiger partial charge in [-0.3, -0.25) is 4.79 Å². The summed E-state index contributed by atoms with van der Waals surface area (Å²) in [6.45, 7) is 7.97. The molecule has 0 saturated carbocycles. The number of nitrogens with one attached hydrogen (secondary N) is 2. The average Bonchev–Trinajstić information content (AvgIpc) is 1.99. The molecule has 4 heteroatoms. The quantitative estimate of drug-likeness (QED) is 0.688. The highest BCUT2D eigenvalue weighted by molar-refractivity contribution is 5.88. The largest absolute Gasteiger partial charge is 0.338 e. The van der Waals surface area contributed by atoms with Crippen LogP contribution in [0.2, 0.25) is 0 Å². The van der Waals surface area contributed by atoms with Crippen molar-refractivity contribution < 1.29 is 9.59 Å². The second kappa shape index (κ2) is 4.84. The van der Waals surface area contributed by atoms with Gasteiger partial charge in [0.1, 0.15) is 0 Å². The minimum Gasteiger partial charge on any atom is -0.338 e. The van der Waals surface area contributed by atoms with E-state index in [9.17, 15) is 9.59 Å². The van der Waals surface area contributed by atoms with Gasteiger partial charge in [0.2, 0.25) is 0 Å². The topological polar surface area (TPSA) is 58.2 Å². The van der Waals surface area contributed by atoms with E-state index in [0.29, 0.717) is 6.54 Å². The summed E-state index contributed by atoms with van der Waals surface area (Å²) in [5, 5.41) is 5.04. The molecule has 0 aromatic carbocycles. The van der Waals surface area contributed by atoms with E-state index in [0.717, 1.165) is 0 Å². The van der Waals surface area contributed by atoms with Crippen molar-refractivity contribution in [2.45, 2.75) is 27.7 Å².